The van der Waals surface area contributed by atoms with Crippen LogP contribution in [0, 0.1) is 0 Å². The topological polar surface area (TPSA) is 112 Å². The van der Waals surface area contributed by atoms with E-state index in [9.17, 15) is 9.59 Å². The maximum atomic E-state index is 13.7. The van der Waals surface area contributed by atoms with E-state index < -0.39 is 0 Å². The molecule has 0 spiro atoms. The Hall–Kier alpha value is -3.18. The van der Waals surface area contributed by atoms with Gasteiger partial charge >= 0.3 is 6.01 Å². The van der Waals surface area contributed by atoms with Crippen molar-refractivity contribution in [2.75, 3.05) is 18.2 Å². The minimum absolute atomic E-state index is 0.0264. The van der Waals surface area contributed by atoms with Crippen LogP contribution in [0.4, 0.5) is 6.01 Å². The number of nitrogens with one attached hydrogen (secondary N) is 1. The third-order valence-corrected chi connectivity index (χ3v) is 7.68. The van der Waals surface area contributed by atoms with Gasteiger partial charge in [0.05, 0.1) is 23.9 Å². The van der Waals surface area contributed by atoms with E-state index in [1.807, 2.05) is 26.0 Å². The van der Waals surface area contributed by atoms with Crippen molar-refractivity contribution in [1.29, 1.82) is 0 Å². The maximum absolute atomic E-state index is 13.7. The summed E-state index contributed by atoms with van der Waals surface area (Å²) in [6.45, 7) is 3.85. The molecule has 1 aliphatic carbocycles. The zero-order valence-corrected chi connectivity index (χ0v) is 20.6. The Morgan fingerprint density at radius 3 is 2.76 bits per heavy atom. The van der Waals surface area contributed by atoms with Gasteiger partial charge in [-0.3, -0.25) is 19.5 Å². The summed E-state index contributed by atoms with van der Waals surface area (Å²) in [7, 11) is 1.59. The smallest absolute Gasteiger partial charge is 0.322 e. The summed E-state index contributed by atoms with van der Waals surface area (Å²) in [5, 5.41) is 11.5. The van der Waals surface area contributed by atoms with Gasteiger partial charge in [-0.25, -0.2) is 4.98 Å². The number of aromatic nitrogens is 4. The maximum Gasteiger partial charge on any atom is 0.322 e. The zero-order chi connectivity index (χ0) is 23.8. The van der Waals surface area contributed by atoms with E-state index in [1.54, 1.807) is 35.1 Å². The minimum atomic E-state index is -0.326. The molecule has 9 nitrogen and oxygen atoms in total. The standard InChI is InChI=1S/C23H23N5O4S2/c1-12(2)19-26-27-22(32-19)24-17(29)11-33-23-25-20-18(15-5-4-6-16(15)34-20)21(30)28(23)13-7-9-14(31-3)10-8-13/h7-10,12H,4-6,11H2,1-3H3,(H,24,27,29). The number of carbonyl (C=O) groups is 1. The predicted molar refractivity (Wildman–Crippen MR) is 132 cm³/mol. The molecule has 176 valence electrons. The monoisotopic (exact) mass is 497 g/mol. The number of thioether (sulfide) groups is 1. The Kier molecular flexibility index (Phi) is 6.13. The molecule has 1 amide bonds. The van der Waals surface area contributed by atoms with Crippen LogP contribution in [0.2, 0.25) is 0 Å². The molecule has 11 heteroatoms. The normalized spacial score (nSPS) is 12.9. The van der Waals surface area contributed by atoms with Gasteiger partial charge in [0, 0.05) is 10.8 Å². The third kappa shape index (κ3) is 4.21. The van der Waals surface area contributed by atoms with E-state index in [-0.39, 0.29) is 29.2 Å². The third-order valence-electron chi connectivity index (χ3n) is 5.55. The molecule has 0 aliphatic heterocycles. The van der Waals surface area contributed by atoms with Crippen LogP contribution in [-0.4, -0.2) is 38.5 Å². The van der Waals surface area contributed by atoms with E-state index in [0.717, 1.165) is 29.7 Å². The highest BCUT2D eigenvalue weighted by molar-refractivity contribution is 7.99. The molecule has 1 aliphatic rings. The van der Waals surface area contributed by atoms with Crippen molar-refractivity contribution in [1.82, 2.24) is 19.7 Å². The van der Waals surface area contributed by atoms with Gasteiger partial charge in [0.25, 0.3) is 5.56 Å². The first-order valence-electron chi connectivity index (χ1n) is 10.9. The first kappa shape index (κ1) is 22.6. The Morgan fingerprint density at radius 2 is 2.06 bits per heavy atom. The summed E-state index contributed by atoms with van der Waals surface area (Å²) >= 11 is 2.76. The number of ether oxygens (including phenoxy) is 1. The molecule has 5 rings (SSSR count). The van der Waals surface area contributed by atoms with Crippen molar-refractivity contribution in [3.63, 3.8) is 0 Å². The average Bonchev–Trinajstić information content (AvgIpc) is 3.54. The van der Waals surface area contributed by atoms with Crippen molar-refractivity contribution in [2.24, 2.45) is 0 Å². The fourth-order valence-electron chi connectivity index (χ4n) is 3.88. The molecule has 3 aromatic heterocycles. The molecular weight excluding hydrogens is 474 g/mol. The first-order chi connectivity index (χ1) is 16.4. The second kappa shape index (κ2) is 9.22. The van der Waals surface area contributed by atoms with Gasteiger partial charge in [0.15, 0.2) is 5.16 Å². The van der Waals surface area contributed by atoms with E-state index in [2.05, 4.69) is 15.5 Å². The van der Waals surface area contributed by atoms with Crippen molar-refractivity contribution < 1.29 is 13.9 Å². The minimum Gasteiger partial charge on any atom is -0.497 e. The van der Waals surface area contributed by atoms with E-state index in [4.69, 9.17) is 14.1 Å². The summed E-state index contributed by atoms with van der Waals surface area (Å²) in [6.07, 6.45) is 2.93. The molecule has 0 fully saturated rings. The number of rotatable bonds is 7. The average molecular weight is 498 g/mol. The highest BCUT2D eigenvalue weighted by Gasteiger charge is 2.24. The molecule has 0 saturated carbocycles. The van der Waals surface area contributed by atoms with Crippen LogP contribution in [0.25, 0.3) is 15.9 Å². The van der Waals surface area contributed by atoms with Crippen LogP contribution < -0.4 is 15.6 Å². The largest absolute Gasteiger partial charge is 0.497 e. The summed E-state index contributed by atoms with van der Waals surface area (Å²) in [6, 6.07) is 7.28. The number of thiophene rings is 1. The number of nitrogens with zero attached hydrogens (tertiary/aromatic N) is 4. The van der Waals surface area contributed by atoms with Gasteiger partial charge in [-0.1, -0.05) is 30.7 Å². The second-order valence-corrected chi connectivity index (χ2v) is 10.2. The quantitative estimate of drug-likeness (QED) is 0.299. The van der Waals surface area contributed by atoms with Gasteiger partial charge in [0.2, 0.25) is 11.8 Å². The summed E-state index contributed by atoms with van der Waals surface area (Å²) in [5.41, 5.74) is 1.67. The van der Waals surface area contributed by atoms with Crippen molar-refractivity contribution in [2.45, 2.75) is 44.2 Å². The van der Waals surface area contributed by atoms with E-state index in [1.165, 1.54) is 16.6 Å². The molecule has 0 bridgehead atoms. The number of hydrogen-bond donors (Lipinski definition) is 1. The van der Waals surface area contributed by atoms with Crippen LogP contribution in [0.3, 0.4) is 0 Å². The van der Waals surface area contributed by atoms with E-state index in [0.29, 0.717) is 27.9 Å². The molecule has 3 heterocycles. The van der Waals surface area contributed by atoms with Gasteiger partial charge in [-0.05, 0) is 49.1 Å². The fourth-order valence-corrected chi connectivity index (χ4v) is 6.00. The first-order valence-corrected chi connectivity index (χ1v) is 12.7. The number of anilines is 1. The lowest BCUT2D eigenvalue weighted by atomic mass is 10.2. The van der Waals surface area contributed by atoms with Crippen molar-refractivity contribution in [3.05, 3.63) is 51.0 Å². The molecule has 0 atom stereocenters. The molecule has 4 aromatic rings. The zero-order valence-electron chi connectivity index (χ0n) is 19.0. The van der Waals surface area contributed by atoms with Gasteiger partial charge in [0.1, 0.15) is 10.6 Å². The molecule has 0 unspecified atom stereocenters. The molecule has 0 saturated heterocycles. The van der Waals surface area contributed by atoms with Crippen molar-refractivity contribution >= 4 is 45.2 Å². The Labute approximate surface area is 203 Å². The molecule has 1 N–H and O–H groups in total. The molecule has 0 radical (unpaired) electrons. The van der Waals surface area contributed by atoms with Crippen LogP contribution >= 0.6 is 23.1 Å². The number of fused-ring (bicyclic) bond motifs is 3. The summed E-state index contributed by atoms with van der Waals surface area (Å²) in [5.74, 6) is 0.909. The number of hydrogen-bond acceptors (Lipinski definition) is 9. The Morgan fingerprint density at radius 1 is 1.26 bits per heavy atom. The number of amides is 1. The second-order valence-electron chi connectivity index (χ2n) is 8.21. The van der Waals surface area contributed by atoms with E-state index >= 15 is 0 Å². The van der Waals surface area contributed by atoms with Crippen LogP contribution in [0.1, 0.15) is 42.5 Å². The fraction of sp³-hybridized carbons (Fsp3) is 0.348. The number of carbonyl (C=O) groups excluding carboxylic acids is 1. The lowest BCUT2D eigenvalue weighted by Crippen LogP contribution is -2.23. The molecular formula is C23H23N5O4S2. The highest BCUT2D eigenvalue weighted by atomic mass is 32.2. The van der Waals surface area contributed by atoms with Gasteiger partial charge < -0.3 is 9.15 Å². The van der Waals surface area contributed by atoms with Crippen molar-refractivity contribution in [3.8, 4) is 11.4 Å². The summed E-state index contributed by atoms with van der Waals surface area (Å²) in [4.78, 5) is 33.0. The lowest BCUT2D eigenvalue weighted by molar-refractivity contribution is -0.113. The SMILES string of the molecule is COc1ccc(-n2c(SCC(=O)Nc3nnc(C(C)C)o3)nc3sc4c(c3c2=O)CCC4)cc1. The van der Waals surface area contributed by atoms with Gasteiger partial charge in [-0.15, -0.1) is 16.4 Å². The van der Waals surface area contributed by atoms with Crippen LogP contribution in [-0.2, 0) is 17.6 Å². The lowest BCUT2D eigenvalue weighted by Gasteiger charge is -2.13. The Balaban J connectivity index is 1.47. The Bertz CT molecular complexity index is 1420. The predicted octanol–water partition coefficient (Wildman–Crippen LogP) is 4.18. The van der Waals surface area contributed by atoms with Gasteiger partial charge in [-0.2, -0.15) is 0 Å². The molecule has 1 aromatic carbocycles. The number of methoxy groups -OCH3 is 1. The summed E-state index contributed by atoms with van der Waals surface area (Å²) < 4.78 is 12.3. The van der Waals surface area contributed by atoms with Crippen LogP contribution in [0.15, 0.2) is 38.6 Å². The van der Waals surface area contributed by atoms with Crippen LogP contribution in [0.5, 0.6) is 5.75 Å². The highest BCUT2D eigenvalue weighted by Crippen LogP contribution is 2.36. The number of aryl methyl sites for hydroxylation is 2. The number of benzene rings is 1. The molecule has 34 heavy (non-hydrogen) atoms.